The minimum atomic E-state index is -0.262. The van der Waals surface area contributed by atoms with Crippen LogP contribution in [0, 0.1) is 5.41 Å². The Kier molecular flexibility index (Phi) is 3.84. The molecule has 1 saturated heterocycles. The number of thiophene rings is 1. The molecule has 1 amide bonds. The van der Waals surface area contributed by atoms with E-state index in [1.54, 1.807) is 18.4 Å². The molecule has 1 aromatic rings. The van der Waals surface area contributed by atoms with Crippen LogP contribution >= 0.6 is 11.3 Å². The van der Waals surface area contributed by atoms with Gasteiger partial charge in [0.25, 0.3) is 0 Å². The lowest BCUT2D eigenvalue weighted by Crippen LogP contribution is -2.62. The van der Waals surface area contributed by atoms with E-state index < -0.39 is 0 Å². The van der Waals surface area contributed by atoms with Crippen LogP contribution in [0.1, 0.15) is 24.1 Å². The summed E-state index contributed by atoms with van der Waals surface area (Å²) in [6.07, 6.45) is 2.83. The highest BCUT2D eigenvalue weighted by Crippen LogP contribution is 2.50. The molecule has 5 heteroatoms. The Morgan fingerprint density at radius 1 is 1.55 bits per heavy atom. The van der Waals surface area contributed by atoms with Gasteiger partial charge in [0, 0.05) is 36.9 Å². The molecule has 1 aromatic heterocycles. The Morgan fingerprint density at radius 2 is 2.30 bits per heavy atom. The van der Waals surface area contributed by atoms with Gasteiger partial charge in [-0.15, -0.1) is 11.3 Å². The van der Waals surface area contributed by atoms with E-state index in [0.29, 0.717) is 6.42 Å². The van der Waals surface area contributed by atoms with Gasteiger partial charge in [0.05, 0.1) is 18.6 Å². The van der Waals surface area contributed by atoms with Crippen molar-refractivity contribution >= 4 is 17.2 Å². The molecule has 2 atom stereocenters. The Morgan fingerprint density at radius 3 is 2.85 bits per heavy atom. The molecule has 2 aliphatic rings. The smallest absolute Gasteiger partial charge is 0.227 e. The molecule has 1 aliphatic heterocycles. The van der Waals surface area contributed by atoms with E-state index in [4.69, 9.17) is 4.74 Å². The van der Waals surface area contributed by atoms with Crippen molar-refractivity contribution < 1.29 is 14.6 Å². The number of rotatable bonds is 3. The molecular weight excluding hydrogens is 274 g/mol. The van der Waals surface area contributed by atoms with Crippen LogP contribution in [0.5, 0.6) is 0 Å². The number of piperidine rings is 1. The maximum atomic E-state index is 12.3. The van der Waals surface area contributed by atoms with Gasteiger partial charge in [0.2, 0.25) is 5.91 Å². The van der Waals surface area contributed by atoms with Crippen molar-refractivity contribution in [2.75, 3.05) is 20.2 Å². The largest absolute Gasteiger partial charge is 0.392 e. The van der Waals surface area contributed by atoms with Crippen LogP contribution < -0.4 is 0 Å². The highest BCUT2D eigenvalue weighted by Gasteiger charge is 2.56. The number of nitrogens with zero attached hydrogens (tertiary/aromatic N) is 1. The van der Waals surface area contributed by atoms with Gasteiger partial charge < -0.3 is 14.7 Å². The summed E-state index contributed by atoms with van der Waals surface area (Å²) in [6, 6.07) is 3.98. The van der Waals surface area contributed by atoms with Gasteiger partial charge in [0.1, 0.15) is 0 Å². The highest BCUT2D eigenvalue weighted by molar-refractivity contribution is 7.10. The molecule has 1 aliphatic carbocycles. The van der Waals surface area contributed by atoms with E-state index in [-0.39, 0.29) is 23.5 Å². The maximum Gasteiger partial charge on any atom is 0.227 e. The molecule has 0 aromatic carbocycles. The molecule has 3 rings (SSSR count). The van der Waals surface area contributed by atoms with Crippen molar-refractivity contribution in [2.45, 2.75) is 37.9 Å². The minimum absolute atomic E-state index is 0.103. The summed E-state index contributed by atoms with van der Waals surface area (Å²) in [5, 5.41) is 12.1. The molecule has 2 fully saturated rings. The normalized spacial score (nSPS) is 28.4. The van der Waals surface area contributed by atoms with Crippen molar-refractivity contribution in [1.82, 2.24) is 4.90 Å². The molecule has 2 heterocycles. The third-order valence-corrected chi connectivity index (χ3v) is 5.86. The van der Waals surface area contributed by atoms with Crippen molar-refractivity contribution in [1.29, 1.82) is 0 Å². The number of ether oxygens (including phenoxy) is 1. The first-order valence-electron chi connectivity index (χ1n) is 7.17. The van der Waals surface area contributed by atoms with Crippen molar-refractivity contribution in [3.05, 3.63) is 22.4 Å². The lowest BCUT2D eigenvalue weighted by Gasteiger charge is -2.56. The number of aliphatic hydroxyl groups is 1. The molecule has 0 bridgehead atoms. The third-order valence-electron chi connectivity index (χ3n) is 4.98. The summed E-state index contributed by atoms with van der Waals surface area (Å²) in [7, 11) is 1.71. The minimum Gasteiger partial charge on any atom is -0.392 e. The van der Waals surface area contributed by atoms with E-state index in [0.717, 1.165) is 37.2 Å². The summed E-state index contributed by atoms with van der Waals surface area (Å²) >= 11 is 1.63. The summed E-state index contributed by atoms with van der Waals surface area (Å²) in [5.74, 6) is 0.199. The van der Waals surface area contributed by atoms with Gasteiger partial charge >= 0.3 is 0 Å². The number of aliphatic hydroxyl groups excluding tert-OH is 1. The second-order valence-corrected chi connectivity index (χ2v) is 6.88. The molecular formula is C15H21NO3S. The Labute approximate surface area is 123 Å². The van der Waals surface area contributed by atoms with Crippen LogP contribution in [0.25, 0.3) is 0 Å². The maximum absolute atomic E-state index is 12.3. The molecule has 1 spiro atoms. The van der Waals surface area contributed by atoms with Crippen LogP contribution in [-0.2, 0) is 16.0 Å². The summed E-state index contributed by atoms with van der Waals surface area (Å²) in [4.78, 5) is 15.3. The number of amides is 1. The predicted molar refractivity (Wildman–Crippen MR) is 77.7 cm³/mol. The fraction of sp³-hybridized carbons (Fsp3) is 0.667. The first-order chi connectivity index (χ1) is 9.65. The lowest BCUT2D eigenvalue weighted by atomic mass is 9.58. The first-order valence-corrected chi connectivity index (χ1v) is 8.05. The van der Waals surface area contributed by atoms with Crippen LogP contribution in [0.4, 0.5) is 0 Å². The zero-order valence-electron chi connectivity index (χ0n) is 11.7. The zero-order valence-corrected chi connectivity index (χ0v) is 12.6. The van der Waals surface area contributed by atoms with Crippen molar-refractivity contribution in [3.63, 3.8) is 0 Å². The summed E-state index contributed by atoms with van der Waals surface area (Å²) in [5.41, 5.74) is -0.103. The number of hydrogen-bond donors (Lipinski definition) is 1. The molecule has 110 valence electrons. The fourth-order valence-electron chi connectivity index (χ4n) is 3.56. The summed E-state index contributed by atoms with van der Waals surface area (Å²) < 4.78 is 5.47. The topological polar surface area (TPSA) is 49.8 Å². The van der Waals surface area contributed by atoms with Crippen LogP contribution in [0.3, 0.4) is 0 Å². The second kappa shape index (κ2) is 5.47. The van der Waals surface area contributed by atoms with E-state index in [9.17, 15) is 9.90 Å². The molecule has 1 saturated carbocycles. The first kappa shape index (κ1) is 14.0. The SMILES string of the molecule is CO[C@H]1C[C@@H](O)C12CCN(C(=O)Cc1cccs1)CC2. The zero-order chi connectivity index (χ0) is 14.2. The van der Waals surface area contributed by atoms with Crippen LogP contribution in [-0.4, -0.2) is 48.3 Å². The second-order valence-electron chi connectivity index (χ2n) is 5.85. The third kappa shape index (κ3) is 2.28. The van der Waals surface area contributed by atoms with Gasteiger partial charge in [-0.05, 0) is 24.3 Å². The van der Waals surface area contributed by atoms with Crippen molar-refractivity contribution in [2.24, 2.45) is 5.41 Å². The van der Waals surface area contributed by atoms with Crippen LogP contribution in [0.15, 0.2) is 17.5 Å². The average molecular weight is 295 g/mol. The molecule has 0 radical (unpaired) electrons. The standard InChI is InChI=1S/C15H21NO3S/c1-19-13-10-12(17)15(13)4-6-16(7-5-15)14(18)9-11-3-2-8-20-11/h2-3,8,12-13,17H,4-7,9-10H2,1H3/t12-,13+/m1/s1. The number of carbonyl (C=O) groups is 1. The average Bonchev–Trinajstić information content (AvgIpc) is 2.97. The van der Waals surface area contributed by atoms with Gasteiger partial charge in [-0.25, -0.2) is 0 Å². The quantitative estimate of drug-likeness (QED) is 0.923. The Balaban J connectivity index is 1.57. The Hall–Kier alpha value is -0.910. The fourth-order valence-corrected chi connectivity index (χ4v) is 4.25. The highest BCUT2D eigenvalue weighted by atomic mass is 32.1. The lowest BCUT2D eigenvalue weighted by molar-refractivity contribution is -0.202. The van der Waals surface area contributed by atoms with E-state index >= 15 is 0 Å². The van der Waals surface area contributed by atoms with Gasteiger partial charge in [-0.1, -0.05) is 6.07 Å². The summed E-state index contributed by atoms with van der Waals surface area (Å²) in [6.45, 7) is 1.47. The number of methoxy groups -OCH3 is 1. The monoisotopic (exact) mass is 295 g/mol. The molecule has 20 heavy (non-hydrogen) atoms. The van der Waals surface area contributed by atoms with Gasteiger partial charge in [0.15, 0.2) is 0 Å². The molecule has 1 N–H and O–H groups in total. The van der Waals surface area contributed by atoms with Crippen molar-refractivity contribution in [3.8, 4) is 0 Å². The van der Waals surface area contributed by atoms with Gasteiger partial charge in [-0.3, -0.25) is 4.79 Å². The molecule has 4 nitrogen and oxygen atoms in total. The predicted octanol–water partition coefficient (Wildman–Crippen LogP) is 1.68. The number of carbonyl (C=O) groups excluding carboxylic acids is 1. The number of likely N-dealkylation sites (tertiary alicyclic amines) is 1. The van der Waals surface area contributed by atoms with Crippen LogP contribution in [0.2, 0.25) is 0 Å². The van der Waals surface area contributed by atoms with E-state index in [1.807, 2.05) is 22.4 Å². The van der Waals surface area contributed by atoms with Gasteiger partial charge in [-0.2, -0.15) is 0 Å². The number of hydrogen-bond acceptors (Lipinski definition) is 4. The van der Waals surface area contributed by atoms with E-state index in [2.05, 4.69) is 0 Å². The van der Waals surface area contributed by atoms with E-state index in [1.165, 1.54) is 0 Å². The Bertz CT molecular complexity index is 465. The molecule has 0 unspecified atom stereocenters.